The highest BCUT2D eigenvalue weighted by Gasteiger charge is 2.32. The van der Waals surface area contributed by atoms with E-state index in [0.29, 0.717) is 17.2 Å². The van der Waals surface area contributed by atoms with Crippen LogP contribution in [-0.2, 0) is 9.59 Å². The number of anilines is 2. The molecule has 160 valence electrons. The van der Waals surface area contributed by atoms with Gasteiger partial charge in [0.25, 0.3) is 5.91 Å². The van der Waals surface area contributed by atoms with Gasteiger partial charge < -0.3 is 9.64 Å². The van der Waals surface area contributed by atoms with Crippen molar-refractivity contribution in [1.29, 1.82) is 0 Å². The third-order valence-corrected chi connectivity index (χ3v) is 5.28. The molecule has 0 spiro atoms. The number of hydrogen-bond donors (Lipinski definition) is 0. The molecule has 1 aliphatic rings. The van der Waals surface area contributed by atoms with E-state index < -0.39 is 0 Å². The molecule has 0 fully saturated rings. The maximum Gasteiger partial charge on any atom is 0.282 e. The molecule has 4 rings (SSSR count). The van der Waals surface area contributed by atoms with Crippen LogP contribution >= 0.6 is 0 Å². The lowest BCUT2D eigenvalue weighted by Gasteiger charge is -2.20. The highest BCUT2D eigenvalue weighted by Crippen LogP contribution is 2.29. The van der Waals surface area contributed by atoms with Crippen LogP contribution in [0.5, 0.6) is 5.75 Å². The molecule has 6 nitrogen and oxygen atoms in total. The molecule has 0 aromatic heterocycles. The van der Waals surface area contributed by atoms with Crippen molar-refractivity contribution >= 4 is 35.1 Å². The molecule has 3 aromatic carbocycles. The van der Waals surface area contributed by atoms with Crippen molar-refractivity contribution in [3.63, 3.8) is 0 Å². The average Bonchev–Trinajstić information content (AvgIpc) is 3.15. The molecule has 0 radical (unpaired) electrons. The topological polar surface area (TPSA) is 62.2 Å². The predicted octanol–water partition coefficient (Wildman–Crippen LogP) is 4.51. The summed E-state index contributed by atoms with van der Waals surface area (Å²) in [5.41, 5.74) is 3.46. The maximum atomic E-state index is 13.4. The molecule has 0 saturated carbocycles. The van der Waals surface area contributed by atoms with E-state index in [1.807, 2.05) is 78.9 Å². The molecule has 0 N–H and O–H groups in total. The molecule has 1 aliphatic heterocycles. The Labute approximate surface area is 187 Å². The van der Waals surface area contributed by atoms with Crippen molar-refractivity contribution in [2.45, 2.75) is 6.92 Å². The van der Waals surface area contributed by atoms with Crippen molar-refractivity contribution in [1.82, 2.24) is 0 Å². The second-order valence-corrected chi connectivity index (χ2v) is 7.34. The van der Waals surface area contributed by atoms with Gasteiger partial charge in [-0.15, -0.1) is 0 Å². The zero-order valence-corrected chi connectivity index (χ0v) is 18.1. The number of aliphatic imine (C=N–C) groups is 1. The van der Waals surface area contributed by atoms with Gasteiger partial charge >= 0.3 is 0 Å². The fourth-order valence-corrected chi connectivity index (χ4v) is 3.40. The van der Waals surface area contributed by atoms with Crippen molar-refractivity contribution in [3.8, 4) is 5.75 Å². The van der Waals surface area contributed by atoms with Crippen LogP contribution in [0.1, 0.15) is 18.1 Å². The Morgan fingerprint density at radius 2 is 1.62 bits per heavy atom. The number of carbonyl (C=O) groups is 2. The Kier molecular flexibility index (Phi) is 5.85. The molecule has 6 heteroatoms. The van der Waals surface area contributed by atoms with Crippen LogP contribution in [0.3, 0.4) is 0 Å². The smallest absolute Gasteiger partial charge is 0.282 e. The molecule has 0 atom stereocenters. The zero-order valence-electron chi connectivity index (χ0n) is 18.1. The molecule has 2 amide bonds. The van der Waals surface area contributed by atoms with E-state index in [0.717, 1.165) is 22.6 Å². The monoisotopic (exact) mass is 425 g/mol. The highest BCUT2D eigenvalue weighted by atomic mass is 16.5. The largest absolute Gasteiger partial charge is 0.497 e. The van der Waals surface area contributed by atoms with Gasteiger partial charge in [-0.3, -0.25) is 14.5 Å². The zero-order chi connectivity index (χ0) is 22.7. The summed E-state index contributed by atoms with van der Waals surface area (Å²) >= 11 is 0. The van der Waals surface area contributed by atoms with Crippen LogP contribution < -0.4 is 14.5 Å². The molecule has 0 bridgehead atoms. The van der Waals surface area contributed by atoms with E-state index in [-0.39, 0.29) is 11.8 Å². The summed E-state index contributed by atoms with van der Waals surface area (Å²) in [7, 11) is 3.33. The predicted molar refractivity (Wildman–Crippen MR) is 127 cm³/mol. The molecular formula is C26H23N3O3. The third kappa shape index (κ3) is 4.16. The second-order valence-electron chi connectivity index (χ2n) is 7.34. The first-order chi connectivity index (χ1) is 15.5. The lowest BCUT2D eigenvalue weighted by atomic mass is 10.1. The molecule has 0 aliphatic carbocycles. The first-order valence-electron chi connectivity index (χ1n) is 10.2. The Morgan fingerprint density at radius 3 is 2.22 bits per heavy atom. The van der Waals surface area contributed by atoms with E-state index in [1.165, 1.54) is 6.92 Å². The number of nitrogens with zero attached hydrogens (tertiary/aromatic N) is 3. The Hall–Kier alpha value is -4.19. The van der Waals surface area contributed by atoms with Gasteiger partial charge in [0, 0.05) is 25.2 Å². The molecule has 0 unspecified atom stereocenters. The molecule has 0 saturated heterocycles. The van der Waals surface area contributed by atoms with Crippen molar-refractivity contribution < 1.29 is 14.3 Å². The van der Waals surface area contributed by atoms with Gasteiger partial charge in [-0.1, -0.05) is 42.5 Å². The number of amidine groups is 1. The van der Waals surface area contributed by atoms with Crippen molar-refractivity contribution in [2.75, 3.05) is 24.0 Å². The molecule has 32 heavy (non-hydrogen) atoms. The van der Waals surface area contributed by atoms with Gasteiger partial charge in [0.05, 0.1) is 12.8 Å². The highest BCUT2D eigenvalue weighted by molar-refractivity contribution is 6.33. The number of methoxy groups -OCH3 is 1. The van der Waals surface area contributed by atoms with Gasteiger partial charge in [0.2, 0.25) is 5.91 Å². The number of benzene rings is 3. The van der Waals surface area contributed by atoms with Gasteiger partial charge in [-0.05, 0) is 48.0 Å². The molecule has 3 aromatic rings. The van der Waals surface area contributed by atoms with Crippen LogP contribution in [0, 0.1) is 0 Å². The normalized spacial score (nSPS) is 14.5. The first-order valence-corrected chi connectivity index (χ1v) is 10.2. The van der Waals surface area contributed by atoms with E-state index >= 15 is 0 Å². The molecular weight excluding hydrogens is 402 g/mol. The van der Waals surface area contributed by atoms with Crippen LogP contribution in [0.25, 0.3) is 6.08 Å². The fraction of sp³-hybridized carbons (Fsp3) is 0.115. The number of ether oxygens (including phenoxy) is 1. The minimum absolute atomic E-state index is 0.0637. The van der Waals surface area contributed by atoms with Gasteiger partial charge in [-0.2, -0.15) is 0 Å². The van der Waals surface area contributed by atoms with Gasteiger partial charge in [0.15, 0.2) is 0 Å². The number of amides is 2. The SMILES string of the molecule is COc1ccc(/C=C2/N=C(c3ccccc3)N(c3ccc(N(C)C(C)=O)cc3)C2=O)cc1. The van der Waals surface area contributed by atoms with Crippen LogP contribution in [0.2, 0.25) is 0 Å². The van der Waals surface area contributed by atoms with Crippen LogP contribution in [-0.4, -0.2) is 31.8 Å². The Bertz CT molecular complexity index is 1200. The minimum Gasteiger partial charge on any atom is -0.497 e. The molecule has 1 heterocycles. The minimum atomic E-state index is -0.215. The summed E-state index contributed by atoms with van der Waals surface area (Å²) in [6.07, 6.45) is 1.77. The van der Waals surface area contributed by atoms with Gasteiger partial charge in [-0.25, -0.2) is 4.99 Å². The number of rotatable bonds is 5. The summed E-state index contributed by atoms with van der Waals surface area (Å²) in [5.74, 6) is 1.03. The second kappa shape index (κ2) is 8.89. The van der Waals surface area contributed by atoms with E-state index in [9.17, 15) is 9.59 Å². The first kappa shape index (κ1) is 21.1. The Morgan fingerprint density at radius 1 is 0.969 bits per heavy atom. The summed E-state index contributed by atoms with van der Waals surface area (Å²) in [6, 6.07) is 24.3. The fourth-order valence-electron chi connectivity index (χ4n) is 3.40. The maximum absolute atomic E-state index is 13.4. The quantitative estimate of drug-likeness (QED) is 0.565. The van der Waals surface area contributed by atoms with E-state index in [2.05, 4.69) is 4.99 Å². The summed E-state index contributed by atoms with van der Waals surface area (Å²) in [5, 5.41) is 0. The van der Waals surface area contributed by atoms with Crippen LogP contribution in [0.4, 0.5) is 11.4 Å². The van der Waals surface area contributed by atoms with Gasteiger partial charge in [0.1, 0.15) is 17.3 Å². The summed E-state index contributed by atoms with van der Waals surface area (Å²) in [6.45, 7) is 1.51. The summed E-state index contributed by atoms with van der Waals surface area (Å²) in [4.78, 5) is 32.9. The third-order valence-electron chi connectivity index (χ3n) is 5.28. The number of hydrogen-bond acceptors (Lipinski definition) is 4. The standard InChI is InChI=1S/C26H23N3O3/c1-18(30)28(2)21-11-13-22(14-12-21)29-25(20-7-5-4-6-8-20)27-24(26(29)31)17-19-9-15-23(32-3)16-10-19/h4-17H,1-3H3/b24-17+. The average molecular weight is 425 g/mol. The lowest BCUT2D eigenvalue weighted by Crippen LogP contribution is -2.32. The Balaban J connectivity index is 1.73. The number of carbonyl (C=O) groups excluding carboxylic acids is 2. The van der Waals surface area contributed by atoms with E-state index in [4.69, 9.17) is 4.74 Å². The summed E-state index contributed by atoms with van der Waals surface area (Å²) < 4.78 is 5.20. The van der Waals surface area contributed by atoms with Crippen LogP contribution in [0.15, 0.2) is 89.6 Å². The van der Waals surface area contributed by atoms with E-state index in [1.54, 1.807) is 30.0 Å². The lowest BCUT2D eigenvalue weighted by molar-refractivity contribution is -0.116. The van der Waals surface area contributed by atoms with Crippen molar-refractivity contribution in [2.24, 2.45) is 4.99 Å². The van der Waals surface area contributed by atoms with Crippen molar-refractivity contribution in [3.05, 3.63) is 95.7 Å².